The molecule has 0 spiro atoms. The Hall–Kier alpha value is -2.23. The minimum atomic E-state index is -2.79. The van der Waals surface area contributed by atoms with Gasteiger partial charge in [-0.2, -0.15) is 5.10 Å². The van der Waals surface area contributed by atoms with Gasteiger partial charge in [-0.3, -0.25) is 10.3 Å². The van der Waals surface area contributed by atoms with Crippen LogP contribution in [0, 0.1) is 17.5 Å². The number of hydrogen-bond acceptors (Lipinski definition) is 4. The van der Waals surface area contributed by atoms with E-state index in [1.54, 1.807) is 0 Å². The fourth-order valence-electron chi connectivity index (χ4n) is 2.36. The van der Waals surface area contributed by atoms with Crippen molar-refractivity contribution in [2.75, 3.05) is 0 Å². The highest BCUT2D eigenvalue weighted by Gasteiger charge is 2.50. The molecule has 0 aromatic heterocycles. The van der Waals surface area contributed by atoms with Gasteiger partial charge in [0, 0.05) is 17.7 Å². The maximum atomic E-state index is 13.7. The van der Waals surface area contributed by atoms with Gasteiger partial charge < -0.3 is 5.11 Å². The lowest BCUT2D eigenvalue weighted by molar-refractivity contribution is -0.131. The number of nitrogens with one attached hydrogen (secondary N) is 1. The molecule has 132 valence electrons. The summed E-state index contributed by atoms with van der Waals surface area (Å²) >= 11 is 0. The Morgan fingerprint density at radius 1 is 1.33 bits per heavy atom. The fourth-order valence-corrected chi connectivity index (χ4v) is 2.36. The lowest BCUT2D eigenvalue weighted by atomic mass is 9.99. The lowest BCUT2D eigenvalue weighted by Gasteiger charge is -2.48. The van der Waals surface area contributed by atoms with Crippen LogP contribution in [-0.2, 0) is 11.3 Å². The molecule has 2 rings (SSSR count). The maximum absolute atomic E-state index is 13.7. The van der Waals surface area contributed by atoms with E-state index in [0.717, 1.165) is 11.9 Å². The molecule has 1 aromatic carbocycles. The zero-order valence-corrected chi connectivity index (χ0v) is 12.7. The molecular weight excluding hydrogens is 337 g/mol. The Kier molecular flexibility index (Phi) is 4.79. The summed E-state index contributed by atoms with van der Waals surface area (Å²) in [6.45, 7) is 1.82. The first-order chi connectivity index (χ1) is 11.1. The molecule has 1 aliphatic heterocycles. The van der Waals surface area contributed by atoms with Gasteiger partial charge in [0.2, 0.25) is 0 Å². The molecule has 0 saturated heterocycles. The summed E-state index contributed by atoms with van der Waals surface area (Å²) in [5.41, 5.74) is -2.69. The Labute approximate surface area is 133 Å². The minimum Gasteiger partial charge on any atom is -0.477 e. The molecule has 24 heavy (non-hydrogen) atoms. The van der Waals surface area contributed by atoms with Crippen molar-refractivity contribution in [3.8, 4) is 0 Å². The second-order valence-electron chi connectivity index (χ2n) is 5.50. The van der Waals surface area contributed by atoms with Crippen molar-refractivity contribution in [1.82, 2.24) is 10.3 Å². The highest BCUT2D eigenvalue weighted by molar-refractivity contribution is 6.40. The van der Waals surface area contributed by atoms with Gasteiger partial charge in [0.15, 0.2) is 11.4 Å². The number of halogens is 5. The Morgan fingerprint density at radius 3 is 2.33 bits per heavy atom. The molecule has 0 bridgehead atoms. The van der Waals surface area contributed by atoms with E-state index < -0.39 is 59.4 Å². The number of alkyl halides is 2. The molecule has 1 aliphatic rings. The molecule has 2 N–H and O–H groups in total. The predicted molar refractivity (Wildman–Crippen MR) is 73.9 cm³/mol. The van der Waals surface area contributed by atoms with E-state index in [4.69, 9.17) is 5.11 Å². The smallest absolute Gasteiger partial charge is 0.356 e. The second kappa shape index (κ2) is 6.34. The van der Waals surface area contributed by atoms with E-state index in [1.807, 2.05) is 0 Å². The number of carboxylic acid groups (broad SMARTS) is 1. The zero-order valence-electron chi connectivity index (χ0n) is 12.7. The number of benzene rings is 1. The van der Waals surface area contributed by atoms with Gasteiger partial charge in [-0.25, -0.2) is 26.7 Å². The largest absolute Gasteiger partial charge is 0.477 e. The topological polar surface area (TPSA) is 64.9 Å². The summed E-state index contributed by atoms with van der Waals surface area (Å²) in [7, 11) is 0. The average molecular weight is 351 g/mol. The van der Waals surface area contributed by atoms with Crippen molar-refractivity contribution in [1.29, 1.82) is 0 Å². The van der Waals surface area contributed by atoms with Crippen LogP contribution in [0.1, 0.15) is 19.4 Å². The van der Waals surface area contributed by atoms with Crippen LogP contribution in [0.2, 0.25) is 0 Å². The molecular formula is C14H14F5N3O2. The Bertz CT molecular complexity index is 674. The van der Waals surface area contributed by atoms with Gasteiger partial charge >= 0.3 is 5.97 Å². The number of hydrogen-bond donors (Lipinski definition) is 2. The Morgan fingerprint density at radius 2 is 1.88 bits per heavy atom. The molecule has 0 aliphatic carbocycles. The van der Waals surface area contributed by atoms with Crippen LogP contribution >= 0.6 is 0 Å². The third-order valence-electron chi connectivity index (χ3n) is 3.70. The van der Waals surface area contributed by atoms with Crippen LogP contribution in [-0.4, -0.2) is 39.9 Å². The normalized spacial score (nSPS) is 21.5. The molecule has 0 fully saturated rings. The van der Waals surface area contributed by atoms with E-state index >= 15 is 0 Å². The SMILES string of the molecule is CC(NC1(C)C(C(=O)O)=NN1Cc1c(F)cc(F)cc1F)C(F)F. The van der Waals surface area contributed by atoms with Crippen LogP contribution in [0.4, 0.5) is 22.0 Å². The van der Waals surface area contributed by atoms with Gasteiger partial charge in [0.1, 0.15) is 17.5 Å². The van der Waals surface area contributed by atoms with Gasteiger partial charge in [-0.15, -0.1) is 0 Å². The van der Waals surface area contributed by atoms with E-state index in [9.17, 15) is 26.7 Å². The van der Waals surface area contributed by atoms with Crippen LogP contribution in [0.15, 0.2) is 17.2 Å². The van der Waals surface area contributed by atoms with Gasteiger partial charge in [-0.1, -0.05) is 0 Å². The average Bonchev–Trinajstić information content (AvgIpc) is 2.43. The first-order valence-electron chi connectivity index (χ1n) is 6.85. The van der Waals surface area contributed by atoms with Crippen molar-refractivity contribution in [2.24, 2.45) is 5.10 Å². The van der Waals surface area contributed by atoms with Gasteiger partial charge in [-0.05, 0) is 13.8 Å². The highest BCUT2D eigenvalue weighted by Crippen LogP contribution is 2.30. The molecule has 5 nitrogen and oxygen atoms in total. The highest BCUT2D eigenvalue weighted by atomic mass is 19.3. The first kappa shape index (κ1) is 18.1. The van der Waals surface area contributed by atoms with Crippen LogP contribution in [0.25, 0.3) is 0 Å². The summed E-state index contributed by atoms with van der Waals surface area (Å²) in [5.74, 6) is -4.94. The summed E-state index contributed by atoms with van der Waals surface area (Å²) in [6, 6.07) is -0.468. The van der Waals surface area contributed by atoms with Crippen LogP contribution < -0.4 is 5.32 Å². The van der Waals surface area contributed by atoms with Crippen molar-refractivity contribution < 1.29 is 31.9 Å². The number of aliphatic carboxylic acids is 1. The summed E-state index contributed by atoms with van der Waals surface area (Å²) in [6.07, 6.45) is -2.79. The number of nitrogens with zero attached hydrogens (tertiary/aromatic N) is 2. The minimum absolute atomic E-state index is 0.465. The first-order valence-corrected chi connectivity index (χ1v) is 6.85. The number of carbonyl (C=O) groups is 1. The van der Waals surface area contributed by atoms with E-state index in [1.165, 1.54) is 6.92 Å². The van der Waals surface area contributed by atoms with Crippen molar-refractivity contribution in [2.45, 2.75) is 38.5 Å². The summed E-state index contributed by atoms with van der Waals surface area (Å²) in [4.78, 5) is 11.1. The van der Waals surface area contributed by atoms with Gasteiger partial charge in [0.25, 0.3) is 6.43 Å². The van der Waals surface area contributed by atoms with E-state index in [-0.39, 0.29) is 0 Å². The maximum Gasteiger partial charge on any atom is 0.356 e. The molecule has 0 amide bonds. The standard InChI is InChI=1S/C14H14F5N3O2/c1-6(12(18)19)20-14(2)11(13(23)24)21-22(14)5-8-9(16)3-7(15)4-10(8)17/h3-4,6,12,20H,5H2,1-2H3,(H,23,24). The third kappa shape index (κ3) is 3.18. The van der Waals surface area contributed by atoms with Crippen molar-refractivity contribution in [3.63, 3.8) is 0 Å². The molecule has 0 saturated carbocycles. The van der Waals surface area contributed by atoms with Crippen LogP contribution in [0.3, 0.4) is 0 Å². The molecule has 1 aromatic rings. The number of rotatable bonds is 6. The molecule has 2 unspecified atom stereocenters. The summed E-state index contributed by atoms with van der Waals surface area (Å²) in [5, 5.41) is 16.0. The van der Waals surface area contributed by atoms with Crippen molar-refractivity contribution >= 4 is 11.7 Å². The van der Waals surface area contributed by atoms with E-state index in [0.29, 0.717) is 12.1 Å². The second-order valence-corrected chi connectivity index (χ2v) is 5.50. The molecule has 1 heterocycles. The van der Waals surface area contributed by atoms with Crippen LogP contribution in [0.5, 0.6) is 0 Å². The van der Waals surface area contributed by atoms with Crippen molar-refractivity contribution in [3.05, 3.63) is 35.1 Å². The number of carboxylic acids is 1. The Balaban J connectivity index is 2.31. The molecule has 0 radical (unpaired) electrons. The zero-order chi connectivity index (χ0) is 18.2. The summed E-state index contributed by atoms with van der Waals surface area (Å²) < 4.78 is 65.9. The molecule has 10 heteroatoms. The quantitative estimate of drug-likeness (QED) is 0.772. The fraction of sp³-hybridized carbons (Fsp3) is 0.429. The molecule has 2 atom stereocenters. The van der Waals surface area contributed by atoms with Gasteiger partial charge in [0.05, 0.1) is 12.6 Å². The number of hydrazone groups is 1. The lowest BCUT2D eigenvalue weighted by Crippen LogP contribution is -2.71. The van der Waals surface area contributed by atoms with E-state index in [2.05, 4.69) is 10.4 Å². The third-order valence-corrected chi connectivity index (χ3v) is 3.70. The predicted octanol–water partition coefficient (Wildman–Crippen LogP) is 2.32. The monoisotopic (exact) mass is 351 g/mol.